The molecule has 3 rings (SSSR count). The molecule has 54 heavy (non-hydrogen) atoms. The Balaban J connectivity index is 2.19. The van der Waals surface area contributed by atoms with Gasteiger partial charge in [0.05, 0.1) is 62.2 Å². The highest BCUT2D eigenvalue weighted by Gasteiger charge is 2.62. The topological polar surface area (TPSA) is 260 Å². The number of methoxy groups -OCH3 is 6. The van der Waals surface area contributed by atoms with E-state index in [1.807, 2.05) is 0 Å². The number of hydrogen-bond donors (Lipinski definition) is 4. The standard InChI is InChI=1S/C33H58N6O15/c1-16-33(14-41,15-46-6)30(54-31-24(39(4)21(44)11-35-38-34)29(50-10)27(48-8)20(52-31)13-45-5)32(51-16)53-26-19(12-40)25(47-7)22(36-17(2)42)28(49-9)23(26)37-18(3)43/h16,19-20,22-32,40-41H,11-15H2,1-10H3,(H,36,42)(H,37,43)/t16?,19?,20?,22?,23?,24?,25?,26?,27?,28?,29?,30-,31?,32?,33?/m1/s1. The lowest BCUT2D eigenvalue weighted by atomic mass is 9.75. The molecule has 15 atom stereocenters. The molecule has 21 nitrogen and oxygen atoms in total. The van der Waals surface area contributed by atoms with E-state index in [1.165, 1.54) is 68.5 Å². The van der Waals surface area contributed by atoms with Crippen molar-refractivity contribution in [2.75, 3.05) is 82.7 Å². The van der Waals surface area contributed by atoms with Gasteiger partial charge in [0, 0.05) is 74.4 Å². The zero-order valence-electron chi connectivity index (χ0n) is 32.6. The van der Waals surface area contributed by atoms with Crippen molar-refractivity contribution in [2.24, 2.45) is 16.4 Å². The SMILES string of the molecule is COCC1OC(O[C@@H]2C(OC3C(CO)C(OC)C(NC(C)=O)C(OC)C3NC(C)=O)OC(C)C2(CO)COC)C(N(C)C(=O)CN=[N+]=[N-])C(OC)C1OC. The van der Waals surface area contributed by atoms with Gasteiger partial charge in [-0.1, -0.05) is 5.11 Å². The number of hydrogen-bond acceptors (Lipinski definition) is 16. The molecule has 0 aromatic rings. The minimum Gasteiger partial charge on any atom is -0.396 e. The number of rotatable bonds is 19. The summed E-state index contributed by atoms with van der Waals surface area (Å²) in [4.78, 5) is 42.3. The van der Waals surface area contributed by atoms with E-state index >= 15 is 0 Å². The summed E-state index contributed by atoms with van der Waals surface area (Å²) in [5.74, 6) is -2.30. The minimum atomic E-state index is -1.35. The number of azide groups is 1. The number of carbonyl (C=O) groups excluding carboxylic acids is 3. The fourth-order valence-corrected chi connectivity index (χ4v) is 8.00. The third-order valence-corrected chi connectivity index (χ3v) is 10.6. The van der Waals surface area contributed by atoms with Crippen molar-refractivity contribution in [1.82, 2.24) is 15.5 Å². The van der Waals surface area contributed by atoms with Crippen LogP contribution in [0, 0.1) is 11.3 Å². The molecule has 3 aliphatic rings. The molecule has 0 aromatic heterocycles. The number of amides is 3. The quantitative estimate of drug-likeness (QED) is 0.0649. The number of aliphatic hydroxyl groups is 2. The van der Waals surface area contributed by atoms with Gasteiger partial charge in [0.1, 0.15) is 43.1 Å². The molecule has 2 saturated heterocycles. The molecule has 2 aliphatic heterocycles. The molecule has 0 spiro atoms. The Morgan fingerprint density at radius 1 is 0.833 bits per heavy atom. The lowest BCUT2D eigenvalue weighted by Gasteiger charge is -2.51. The minimum absolute atomic E-state index is 0.0347. The predicted molar refractivity (Wildman–Crippen MR) is 186 cm³/mol. The number of ether oxygens (including phenoxy) is 10. The van der Waals surface area contributed by atoms with Crippen LogP contribution in [-0.4, -0.2) is 195 Å². The highest BCUT2D eigenvalue weighted by molar-refractivity contribution is 5.78. The summed E-state index contributed by atoms with van der Waals surface area (Å²) in [5.41, 5.74) is 7.59. The molecule has 3 amide bonds. The summed E-state index contributed by atoms with van der Waals surface area (Å²) in [6, 6.07) is -2.83. The van der Waals surface area contributed by atoms with Crippen molar-refractivity contribution < 1.29 is 72.0 Å². The first kappa shape index (κ1) is 45.6. The van der Waals surface area contributed by atoms with Gasteiger partial charge >= 0.3 is 0 Å². The number of aliphatic hydroxyl groups excluding tert-OH is 2. The van der Waals surface area contributed by atoms with Gasteiger partial charge in [-0.3, -0.25) is 14.4 Å². The van der Waals surface area contributed by atoms with Crippen LogP contribution in [0.25, 0.3) is 10.4 Å². The van der Waals surface area contributed by atoms with E-state index in [0.717, 1.165) is 0 Å². The maximum Gasteiger partial charge on any atom is 0.228 e. The highest BCUT2D eigenvalue weighted by Crippen LogP contribution is 2.45. The summed E-state index contributed by atoms with van der Waals surface area (Å²) in [7, 11) is 10.1. The maximum atomic E-state index is 13.3. The molecular weight excluding hydrogens is 720 g/mol. The monoisotopic (exact) mass is 778 g/mol. The Hall–Kier alpha value is -2.76. The number of likely N-dealkylation sites (N-methyl/N-ethyl adjacent to an activating group) is 1. The molecule has 310 valence electrons. The Kier molecular flexibility index (Phi) is 17.7. The largest absolute Gasteiger partial charge is 0.396 e. The van der Waals surface area contributed by atoms with Crippen LogP contribution in [0.3, 0.4) is 0 Å². The van der Waals surface area contributed by atoms with Crippen LogP contribution in [0.4, 0.5) is 0 Å². The lowest BCUT2D eigenvalue weighted by Crippen LogP contribution is -2.72. The molecule has 2 heterocycles. The predicted octanol–water partition coefficient (Wildman–Crippen LogP) is -1.67. The molecule has 0 aromatic carbocycles. The molecule has 4 N–H and O–H groups in total. The fourth-order valence-electron chi connectivity index (χ4n) is 8.00. The Morgan fingerprint density at radius 3 is 1.91 bits per heavy atom. The van der Waals surface area contributed by atoms with Crippen molar-refractivity contribution in [2.45, 2.75) is 100 Å². The van der Waals surface area contributed by atoms with E-state index in [9.17, 15) is 24.6 Å². The number of nitrogens with one attached hydrogen (secondary N) is 2. The summed E-state index contributed by atoms with van der Waals surface area (Å²) >= 11 is 0. The van der Waals surface area contributed by atoms with Gasteiger partial charge in [0.2, 0.25) is 17.7 Å². The Morgan fingerprint density at radius 2 is 1.43 bits per heavy atom. The molecule has 0 radical (unpaired) electrons. The molecular formula is C33H58N6O15. The summed E-state index contributed by atoms with van der Waals surface area (Å²) in [5, 5.41) is 31.0. The van der Waals surface area contributed by atoms with Crippen LogP contribution in [0.15, 0.2) is 5.11 Å². The van der Waals surface area contributed by atoms with Crippen molar-refractivity contribution in [3.05, 3.63) is 10.4 Å². The van der Waals surface area contributed by atoms with Crippen LogP contribution in [0.5, 0.6) is 0 Å². The van der Waals surface area contributed by atoms with E-state index in [1.54, 1.807) is 6.92 Å². The molecule has 1 aliphatic carbocycles. The normalized spacial score (nSPS) is 38.0. The van der Waals surface area contributed by atoms with Crippen LogP contribution >= 0.6 is 0 Å². The van der Waals surface area contributed by atoms with Crippen molar-refractivity contribution in [1.29, 1.82) is 0 Å². The van der Waals surface area contributed by atoms with Crippen LogP contribution in [0.2, 0.25) is 0 Å². The maximum absolute atomic E-state index is 13.3. The van der Waals surface area contributed by atoms with Gasteiger partial charge in [-0.2, -0.15) is 0 Å². The molecule has 14 unspecified atom stereocenters. The van der Waals surface area contributed by atoms with E-state index in [4.69, 9.17) is 52.9 Å². The summed E-state index contributed by atoms with van der Waals surface area (Å²) in [6.45, 7) is 2.72. The average Bonchev–Trinajstić information content (AvgIpc) is 3.39. The number of carbonyl (C=O) groups is 3. The number of nitrogens with zero attached hydrogens (tertiary/aromatic N) is 4. The van der Waals surface area contributed by atoms with Gasteiger partial charge in [-0.05, 0) is 12.5 Å². The second-order valence-corrected chi connectivity index (χ2v) is 13.6. The van der Waals surface area contributed by atoms with Gasteiger partial charge < -0.3 is 73.1 Å². The van der Waals surface area contributed by atoms with E-state index in [2.05, 4.69) is 20.7 Å². The van der Waals surface area contributed by atoms with E-state index < -0.39 is 128 Å². The first-order chi connectivity index (χ1) is 25.8. The fraction of sp³-hybridized carbons (Fsp3) is 0.909. The van der Waals surface area contributed by atoms with Gasteiger partial charge in [0.25, 0.3) is 0 Å². The highest BCUT2D eigenvalue weighted by atomic mass is 16.8. The smallest absolute Gasteiger partial charge is 0.228 e. The van der Waals surface area contributed by atoms with E-state index in [0.29, 0.717) is 0 Å². The van der Waals surface area contributed by atoms with Gasteiger partial charge in [-0.25, -0.2) is 0 Å². The van der Waals surface area contributed by atoms with Crippen molar-refractivity contribution in [3.63, 3.8) is 0 Å². The molecule has 21 heteroatoms. The van der Waals surface area contributed by atoms with Crippen molar-refractivity contribution in [3.8, 4) is 0 Å². The zero-order valence-corrected chi connectivity index (χ0v) is 32.6. The Labute approximate surface area is 315 Å². The first-order valence-electron chi connectivity index (χ1n) is 17.5. The van der Waals surface area contributed by atoms with Crippen LogP contribution < -0.4 is 10.6 Å². The van der Waals surface area contributed by atoms with Crippen LogP contribution in [-0.2, 0) is 61.8 Å². The molecule has 3 fully saturated rings. The van der Waals surface area contributed by atoms with Gasteiger partial charge in [0.15, 0.2) is 12.6 Å². The second-order valence-electron chi connectivity index (χ2n) is 13.6. The average molecular weight is 779 g/mol. The molecule has 0 bridgehead atoms. The van der Waals surface area contributed by atoms with Crippen LogP contribution in [0.1, 0.15) is 20.8 Å². The molecule has 1 saturated carbocycles. The Bertz CT molecular complexity index is 1280. The lowest BCUT2D eigenvalue weighted by molar-refractivity contribution is -0.328. The van der Waals surface area contributed by atoms with Crippen molar-refractivity contribution >= 4 is 17.7 Å². The second kappa shape index (κ2) is 21.0. The first-order valence-corrected chi connectivity index (χ1v) is 17.5. The van der Waals surface area contributed by atoms with E-state index in [-0.39, 0.29) is 13.2 Å². The van der Waals surface area contributed by atoms with Gasteiger partial charge in [-0.15, -0.1) is 0 Å². The summed E-state index contributed by atoms with van der Waals surface area (Å²) in [6.07, 6.45) is -10.0. The summed E-state index contributed by atoms with van der Waals surface area (Å²) < 4.78 is 60.9. The third-order valence-electron chi connectivity index (χ3n) is 10.6. The third kappa shape index (κ3) is 9.60. The zero-order chi connectivity index (χ0) is 40.3.